The average Bonchev–Trinajstić information content (AvgIpc) is 2.37. The first-order valence-electron chi connectivity index (χ1n) is 5.50. The first-order chi connectivity index (χ1) is 8.13. The van der Waals surface area contributed by atoms with Gasteiger partial charge in [-0.3, -0.25) is 4.57 Å². The zero-order chi connectivity index (χ0) is 12.7. The van der Waals surface area contributed by atoms with E-state index in [1.54, 1.807) is 38.1 Å². The van der Waals surface area contributed by atoms with Crippen LogP contribution in [0.5, 0.6) is 0 Å². The number of hydrogen-bond donors (Lipinski definition) is 0. The molecule has 0 spiro atoms. The van der Waals surface area contributed by atoms with Gasteiger partial charge in [0.25, 0.3) is 0 Å². The molecule has 0 bridgehead atoms. The van der Waals surface area contributed by atoms with Gasteiger partial charge in [-0.25, -0.2) is 0 Å². The maximum atomic E-state index is 12.0. The van der Waals surface area contributed by atoms with Gasteiger partial charge in [-0.1, -0.05) is 19.1 Å². The number of nitrogens with zero attached hydrogens (tertiary/aromatic N) is 1. The van der Waals surface area contributed by atoms with Gasteiger partial charge in [0.05, 0.1) is 24.8 Å². The van der Waals surface area contributed by atoms with E-state index in [9.17, 15) is 4.57 Å². The second kappa shape index (κ2) is 6.56. The summed E-state index contributed by atoms with van der Waals surface area (Å²) in [4.78, 5) is 0. The lowest BCUT2D eigenvalue weighted by atomic mass is 10.2. The van der Waals surface area contributed by atoms with Gasteiger partial charge in [-0.15, -0.1) is 0 Å². The molecule has 1 rings (SSSR count). The van der Waals surface area contributed by atoms with Crippen molar-refractivity contribution in [2.24, 2.45) is 0 Å². The number of rotatable bonds is 6. The predicted molar refractivity (Wildman–Crippen MR) is 65.7 cm³/mol. The Morgan fingerprint density at radius 3 is 2.35 bits per heavy atom. The molecule has 0 saturated carbocycles. The highest BCUT2D eigenvalue weighted by atomic mass is 31.2. The van der Waals surface area contributed by atoms with Crippen LogP contribution in [0.1, 0.15) is 25.0 Å². The minimum atomic E-state index is -2.95. The summed E-state index contributed by atoms with van der Waals surface area (Å²) in [5, 5.41) is 8.65. The summed E-state index contributed by atoms with van der Waals surface area (Å²) in [6.07, 6.45) is 0.358. The van der Waals surface area contributed by atoms with Crippen molar-refractivity contribution in [3.63, 3.8) is 0 Å². The Balaban J connectivity index is 2.60. The summed E-state index contributed by atoms with van der Waals surface area (Å²) in [6.45, 7) is 4.16. The quantitative estimate of drug-likeness (QED) is 0.729. The topological polar surface area (TPSA) is 59.3 Å². The van der Waals surface area contributed by atoms with Crippen LogP contribution in [0.4, 0.5) is 0 Å². The maximum Gasteiger partial charge on any atom is 0.330 e. The minimum absolute atomic E-state index is 0.233. The predicted octanol–water partition coefficient (Wildman–Crippen LogP) is 3.32. The van der Waals surface area contributed by atoms with Gasteiger partial charge < -0.3 is 9.05 Å². The largest absolute Gasteiger partial charge is 0.330 e. The van der Waals surface area contributed by atoms with E-state index >= 15 is 0 Å². The van der Waals surface area contributed by atoms with Crippen molar-refractivity contribution in [3.8, 4) is 6.07 Å². The van der Waals surface area contributed by atoms with Crippen LogP contribution in [0.25, 0.3) is 0 Å². The van der Waals surface area contributed by atoms with Gasteiger partial charge in [0.2, 0.25) is 0 Å². The van der Waals surface area contributed by atoms with E-state index in [1.807, 2.05) is 6.07 Å². The van der Waals surface area contributed by atoms with Gasteiger partial charge in [0.1, 0.15) is 0 Å². The molecule has 0 saturated heterocycles. The Labute approximate surface area is 102 Å². The third kappa shape index (κ3) is 4.32. The van der Waals surface area contributed by atoms with Crippen LogP contribution >= 0.6 is 7.60 Å². The van der Waals surface area contributed by atoms with E-state index in [0.29, 0.717) is 18.3 Å². The molecule has 0 heterocycles. The summed E-state index contributed by atoms with van der Waals surface area (Å²) in [5.74, 6) is 0. The van der Waals surface area contributed by atoms with E-state index in [2.05, 4.69) is 0 Å². The number of benzene rings is 1. The third-order valence-electron chi connectivity index (χ3n) is 2.22. The fraction of sp³-hybridized carbons (Fsp3) is 0.417. The molecule has 0 aliphatic rings. The zero-order valence-electron chi connectivity index (χ0n) is 10.0. The molecule has 0 aliphatic heterocycles. The van der Waals surface area contributed by atoms with E-state index in [1.165, 1.54) is 0 Å². The van der Waals surface area contributed by atoms with E-state index in [4.69, 9.17) is 14.3 Å². The first-order valence-corrected chi connectivity index (χ1v) is 7.23. The van der Waals surface area contributed by atoms with Crippen LogP contribution in [0.15, 0.2) is 24.3 Å². The van der Waals surface area contributed by atoms with Crippen molar-refractivity contribution < 1.29 is 13.6 Å². The molecule has 92 valence electrons. The lowest BCUT2D eigenvalue weighted by Gasteiger charge is -2.15. The normalized spacial score (nSPS) is 13.9. The summed E-state index contributed by atoms with van der Waals surface area (Å²) in [6, 6.07) is 9.01. The third-order valence-corrected chi connectivity index (χ3v) is 4.17. The van der Waals surface area contributed by atoms with Crippen molar-refractivity contribution in [2.45, 2.75) is 20.5 Å². The molecule has 0 radical (unpaired) electrons. The van der Waals surface area contributed by atoms with Crippen molar-refractivity contribution in [1.29, 1.82) is 5.26 Å². The molecule has 1 unspecified atom stereocenters. The van der Waals surface area contributed by atoms with Crippen LogP contribution in [0, 0.1) is 11.3 Å². The van der Waals surface area contributed by atoms with Gasteiger partial charge in [0.15, 0.2) is 0 Å². The Bertz CT molecular complexity index is 436. The summed E-state index contributed by atoms with van der Waals surface area (Å²) in [5.41, 5.74) is 1.47. The van der Waals surface area contributed by atoms with E-state index in [0.717, 1.165) is 5.56 Å². The SMILES string of the molecule is CCOP(=O)(CC)OCc1ccc(C#N)cc1. The van der Waals surface area contributed by atoms with Crippen molar-refractivity contribution >= 4 is 7.60 Å². The monoisotopic (exact) mass is 253 g/mol. The molecular weight excluding hydrogens is 237 g/mol. The smallest absolute Gasteiger partial charge is 0.309 e. The van der Waals surface area contributed by atoms with Gasteiger partial charge >= 0.3 is 7.60 Å². The molecule has 0 aromatic heterocycles. The second-order valence-electron chi connectivity index (χ2n) is 3.43. The molecule has 0 N–H and O–H groups in total. The number of hydrogen-bond acceptors (Lipinski definition) is 4. The molecule has 1 aromatic carbocycles. The Hall–Kier alpha value is -1.14. The lowest BCUT2D eigenvalue weighted by molar-refractivity contribution is 0.206. The van der Waals surface area contributed by atoms with Crippen LogP contribution in [0.2, 0.25) is 0 Å². The average molecular weight is 253 g/mol. The minimum Gasteiger partial charge on any atom is -0.309 e. The highest BCUT2D eigenvalue weighted by Gasteiger charge is 2.20. The highest BCUT2D eigenvalue weighted by molar-refractivity contribution is 7.53. The Morgan fingerprint density at radius 2 is 1.88 bits per heavy atom. The van der Waals surface area contributed by atoms with Crippen LogP contribution in [-0.2, 0) is 20.2 Å². The van der Waals surface area contributed by atoms with Crippen LogP contribution in [0.3, 0.4) is 0 Å². The summed E-state index contributed by atoms with van der Waals surface area (Å²) < 4.78 is 22.4. The molecule has 0 fully saturated rings. The zero-order valence-corrected chi connectivity index (χ0v) is 10.9. The van der Waals surface area contributed by atoms with Crippen LogP contribution in [-0.4, -0.2) is 12.8 Å². The molecule has 0 aliphatic carbocycles. The lowest BCUT2D eigenvalue weighted by Crippen LogP contribution is -1.98. The second-order valence-corrected chi connectivity index (χ2v) is 5.80. The molecule has 4 nitrogen and oxygen atoms in total. The summed E-state index contributed by atoms with van der Waals surface area (Å²) >= 11 is 0. The standard InChI is InChI=1S/C12H16NO3P/c1-3-15-17(14,4-2)16-10-12-7-5-11(9-13)6-8-12/h5-8H,3-4,10H2,1-2H3. The van der Waals surface area contributed by atoms with E-state index < -0.39 is 7.60 Å². The van der Waals surface area contributed by atoms with Gasteiger partial charge in [0, 0.05) is 6.16 Å². The molecular formula is C12H16NO3P. The fourth-order valence-corrected chi connectivity index (χ4v) is 2.44. The van der Waals surface area contributed by atoms with Crippen molar-refractivity contribution in [3.05, 3.63) is 35.4 Å². The van der Waals surface area contributed by atoms with Crippen molar-refractivity contribution in [2.75, 3.05) is 12.8 Å². The van der Waals surface area contributed by atoms with Gasteiger partial charge in [-0.2, -0.15) is 5.26 Å². The Morgan fingerprint density at radius 1 is 1.24 bits per heavy atom. The highest BCUT2D eigenvalue weighted by Crippen LogP contribution is 2.48. The molecule has 17 heavy (non-hydrogen) atoms. The molecule has 0 amide bonds. The van der Waals surface area contributed by atoms with Gasteiger partial charge in [-0.05, 0) is 24.6 Å². The first kappa shape index (κ1) is 13.9. The maximum absolute atomic E-state index is 12.0. The molecule has 1 atom stereocenters. The Kier molecular flexibility index (Phi) is 5.37. The van der Waals surface area contributed by atoms with E-state index in [-0.39, 0.29) is 6.61 Å². The summed E-state index contributed by atoms with van der Waals surface area (Å²) in [7, 11) is -2.95. The fourth-order valence-electron chi connectivity index (χ4n) is 1.26. The van der Waals surface area contributed by atoms with Crippen LogP contribution < -0.4 is 0 Å². The molecule has 1 aromatic rings. The van der Waals surface area contributed by atoms with Crippen molar-refractivity contribution in [1.82, 2.24) is 0 Å². The molecule has 5 heteroatoms. The number of nitriles is 1.